The van der Waals surface area contributed by atoms with Crippen LogP contribution in [-0.2, 0) is 0 Å². The molecule has 0 radical (unpaired) electrons. The minimum Gasteiger partial charge on any atom is -0.405 e. The van der Waals surface area contributed by atoms with Crippen molar-refractivity contribution in [3.05, 3.63) is 24.7 Å². The molecule has 0 spiro atoms. The summed E-state index contributed by atoms with van der Waals surface area (Å²) in [6.45, 7) is 3.31. The molecule has 0 unspecified atom stereocenters. The van der Waals surface area contributed by atoms with Crippen molar-refractivity contribution in [3.63, 3.8) is 0 Å². The molecule has 0 heterocycles. The molecule has 0 aromatic carbocycles. The van der Waals surface area contributed by atoms with Gasteiger partial charge in [0.2, 0.25) is 0 Å². The minimum atomic E-state index is 0.165. The van der Waals surface area contributed by atoms with Gasteiger partial charge in [-0.1, -0.05) is 18.2 Å². The van der Waals surface area contributed by atoms with Crippen LogP contribution in [0.3, 0.4) is 0 Å². The van der Waals surface area contributed by atoms with E-state index in [1.165, 1.54) is 12.3 Å². The smallest absolute Gasteiger partial charge is 0.132 e. The standard InChI is InChI=1S/C5H8ClN3/c1-4(8)9-5(6)2-3-7/h2-3H,1,7-8H2/b3-2-,9-5+. The van der Waals surface area contributed by atoms with E-state index >= 15 is 0 Å². The van der Waals surface area contributed by atoms with E-state index in [9.17, 15) is 0 Å². The highest BCUT2D eigenvalue weighted by atomic mass is 35.5. The molecular formula is C5H8ClN3. The number of nitrogens with two attached hydrogens (primary N) is 2. The number of allylic oxidation sites excluding steroid dienone is 1. The van der Waals surface area contributed by atoms with Crippen molar-refractivity contribution in [1.29, 1.82) is 0 Å². The van der Waals surface area contributed by atoms with Crippen LogP contribution in [0.1, 0.15) is 0 Å². The summed E-state index contributed by atoms with van der Waals surface area (Å²) >= 11 is 5.42. The fourth-order valence-corrected chi connectivity index (χ4v) is 0.435. The Bertz CT molecular complexity index is 160. The largest absolute Gasteiger partial charge is 0.405 e. The molecule has 0 aliphatic heterocycles. The quantitative estimate of drug-likeness (QED) is 0.557. The maximum atomic E-state index is 5.42. The third-order valence-corrected chi connectivity index (χ3v) is 0.695. The van der Waals surface area contributed by atoms with E-state index < -0.39 is 0 Å². The van der Waals surface area contributed by atoms with Crippen molar-refractivity contribution in [1.82, 2.24) is 0 Å². The Kier molecular flexibility index (Phi) is 3.55. The van der Waals surface area contributed by atoms with Gasteiger partial charge in [-0.3, -0.25) is 0 Å². The minimum absolute atomic E-state index is 0.165. The molecule has 0 saturated carbocycles. The van der Waals surface area contributed by atoms with Crippen LogP contribution in [0.2, 0.25) is 0 Å². The Balaban J connectivity index is 4.00. The first-order valence-corrected chi connectivity index (χ1v) is 2.61. The Morgan fingerprint density at radius 2 is 2.22 bits per heavy atom. The lowest BCUT2D eigenvalue weighted by atomic mass is 10.6. The molecule has 0 rings (SSSR count). The molecule has 3 nitrogen and oxygen atoms in total. The van der Waals surface area contributed by atoms with Crippen molar-refractivity contribution in [3.8, 4) is 0 Å². The van der Waals surface area contributed by atoms with Gasteiger partial charge in [-0.05, 0) is 12.3 Å². The molecule has 9 heavy (non-hydrogen) atoms. The SMILES string of the molecule is C=C(N)/N=C(Cl)\C=C/N. The van der Waals surface area contributed by atoms with Crippen molar-refractivity contribution >= 4 is 16.8 Å². The van der Waals surface area contributed by atoms with Crippen molar-refractivity contribution in [2.24, 2.45) is 16.5 Å². The Labute approximate surface area is 58.7 Å². The summed E-state index contributed by atoms with van der Waals surface area (Å²) in [5.74, 6) is 0.165. The van der Waals surface area contributed by atoms with Crippen LogP contribution in [0.15, 0.2) is 29.7 Å². The lowest BCUT2D eigenvalue weighted by Gasteiger charge is -1.86. The zero-order valence-electron chi connectivity index (χ0n) is 4.84. The van der Waals surface area contributed by atoms with Gasteiger partial charge in [0.1, 0.15) is 11.0 Å². The summed E-state index contributed by atoms with van der Waals surface area (Å²) in [5, 5.41) is 0.227. The van der Waals surface area contributed by atoms with Gasteiger partial charge in [0.05, 0.1) is 0 Å². The molecule has 0 aromatic heterocycles. The number of rotatable bonds is 2. The molecular weight excluding hydrogens is 138 g/mol. The summed E-state index contributed by atoms with van der Waals surface area (Å²) in [7, 11) is 0. The molecule has 4 heteroatoms. The highest BCUT2D eigenvalue weighted by Gasteiger charge is 1.83. The van der Waals surface area contributed by atoms with E-state index in [4.69, 9.17) is 23.1 Å². The Morgan fingerprint density at radius 3 is 2.56 bits per heavy atom. The van der Waals surface area contributed by atoms with Gasteiger partial charge in [0, 0.05) is 0 Å². The molecule has 0 saturated heterocycles. The van der Waals surface area contributed by atoms with Crippen molar-refractivity contribution in [2.45, 2.75) is 0 Å². The van der Waals surface area contributed by atoms with Crippen LogP contribution in [0.4, 0.5) is 0 Å². The Hall–Kier alpha value is -0.960. The molecule has 4 N–H and O–H groups in total. The molecule has 0 aliphatic rings. The highest BCUT2D eigenvalue weighted by Crippen LogP contribution is 1.90. The van der Waals surface area contributed by atoms with Gasteiger partial charge in [0.15, 0.2) is 0 Å². The van der Waals surface area contributed by atoms with Gasteiger partial charge in [-0.2, -0.15) is 0 Å². The van der Waals surface area contributed by atoms with E-state index in [0.717, 1.165) is 0 Å². The molecule has 0 bridgehead atoms. The van der Waals surface area contributed by atoms with Crippen LogP contribution in [-0.4, -0.2) is 5.17 Å². The highest BCUT2D eigenvalue weighted by molar-refractivity contribution is 6.68. The van der Waals surface area contributed by atoms with Crippen LogP contribution < -0.4 is 11.5 Å². The summed E-state index contributed by atoms with van der Waals surface area (Å²) in [6, 6.07) is 0. The third-order valence-electron chi connectivity index (χ3n) is 0.484. The predicted molar refractivity (Wildman–Crippen MR) is 39.9 cm³/mol. The first-order valence-electron chi connectivity index (χ1n) is 2.23. The van der Waals surface area contributed by atoms with Gasteiger partial charge < -0.3 is 11.5 Å². The van der Waals surface area contributed by atoms with E-state index in [0.29, 0.717) is 0 Å². The first-order chi connectivity index (χ1) is 4.16. The number of hydrogen-bond acceptors (Lipinski definition) is 3. The third kappa shape index (κ3) is 4.90. The Morgan fingerprint density at radius 1 is 1.67 bits per heavy atom. The van der Waals surface area contributed by atoms with E-state index in [1.54, 1.807) is 0 Å². The topological polar surface area (TPSA) is 64.4 Å². The molecule has 0 aliphatic carbocycles. The summed E-state index contributed by atoms with van der Waals surface area (Å²) in [6.07, 6.45) is 2.69. The second-order valence-corrected chi connectivity index (χ2v) is 1.67. The zero-order chi connectivity index (χ0) is 7.28. The van der Waals surface area contributed by atoms with E-state index in [-0.39, 0.29) is 11.0 Å². The first kappa shape index (κ1) is 8.04. The molecule has 0 fully saturated rings. The number of hydrogen-bond donors (Lipinski definition) is 2. The van der Waals surface area contributed by atoms with Crippen LogP contribution in [0.25, 0.3) is 0 Å². The zero-order valence-corrected chi connectivity index (χ0v) is 5.60. The summed E-state index contributed by atoms with van der Waals surface area (Å²) in [5.41, 5.74) is 10.1. The van der Waals surface area contributed by atoms with Gasteiger partial charge in [0.25, 0.3) is 0 Å². The van der Waals surface area contributed by atoms with E-state index in [2.05, 4.69) is 11.6 Å². The lowest BCUT2D eigenvalue weighted by Crippen LogP contribution is -1.93. The predicted octanol–water partition coefficient (Wildman–Crippen LogP) is 0.526. The van der Waals surface area contributed by atoms with Crippen molar-refractivity contribution < 1.29 is 0 Å². The second kappa shape index (κ2) is 3.97. The summed E-state index contributed by atoms with van der Waals surface area (Å²) < 4.78 is 0. The number of halogens is 1. The monoisotopic (exact) mass is 145 g/mol. The summed E-state index contributed by atoms with van der Waals surface area (Å²) in [4.78, 5) is 3.57. The van der Waals surface area contributed by atoms with Crippen LogP contribution >= 0.6 is 11.6 Å². The normalized spacial score (nSPS) is 12.3. The number of nitrogens with zero attached hydrogens (tertiary/aromatic N) is 1. The molecule has 0 aromatic rings. The van der Waals surface area contributed by atoms with Gasteiger partial charge in [-0.25, -0.2) is 4.99 Å². The fraction of sp³-hybridized carbons (Fsp3) is 0. The van der Waals surface area contributed by atoms with E-state index in [1.807, 2.05) is 0 Å². The fourth-order valence-electron chi connectivity index (χ4n) is 0.254. The number of aliphatic imine (C=N–C) groups is 1. The average Bonchev–Trinajstić information content (AvgIpc) is 1.63. The van der Waals surface area contributed by atoms with Crippen molar-refractivity contribution in [2.75, 3.05) is 0 Å². The maximum absolute atomic E-state index is 5.42. The van der Waals surface area contributed by atoms with Crippen LogP contribution in [0, 0.1) is 0 Å². The van der Waals surface area contributed by atoms with Gasteiger partial charge >= 0.3 is 0 Å². The molecule has 0 atom stereocenters. The van der Waals surface area contributed by atoms with Gasteiger partial charge in [-0.15, -0.1) is 0 Å². The molecule has 50 valence electrons. The second-order valence-electron chi connectivity index (χ2n) is 1.28. The lowest BCUT2D eigenvalue weighted by molar-refractivity contribution is 1.27. The van der Waals surface area contributed by atoms with Crippen LogP contribution in [0.5, 0.6) is 0 Å². The average molecular weight is 146 g/mol. The maximum Gasteiger partial charge on any atom is 0.132 e. The molecule has 0 amide bonds.